The van der Waals surface area contributed by atoms with Gasteiger partial charge in [0.1, 0.15) is 0 Å². The minimum Gasteiger partial charge on any atom is -0.398 e. The van der Waals surface area contributed by atoms with Crippen molar-refractivity contribution in [2.24, 2.45) is 5.92 Å². The molecule has 4 heteroatoms. The number of nitrogen functional groups attached to an aromatic ring is 1. The van der Waals surface area contributed by atoms with Gasteiger partial charge in [-0.05, 0) is 25.5 Å². The molecule has 0 bridgehead atoms. The molecule has 1 heterocycles. The van der Waals surface area contributed by atoms with Crippen molar-refractivity contribution in [3.8, 4) is 0 Å². The maximum atomic E-state index is 12.2. The molecule has 1 aliphatic heterocycles. The van der Waals surface area contributed by atoms with Gasteiger partial charge in [-0.1, -0.05) is 12.1 Å². The van der Waals surface area contributed by atoms with Gasteiger partial charge in [-0.25, -0.2) is 0 Å². The zero-order valence-electron chi connectivity index (χ0n) is 9.97. The van der Waals surface area contributed by atoms with Crippen molar-refractivity contribution in [3.63, 3.8) is 0 Å². The Morgan fingerprint density at radius 2 is 2.24 bits per heavy atom. The van der Waals surface area contributed by atoms with E-state index in [1.165, 1.54) is 0 Å². The summed E-state index contributed by atoms with van der Waals surface area (Å²) in [5.74, 6) is 0.148. The van der Waals surface area contributed by atoms with E-state index < -0.39 is 0 Å². The largest absolute Gasteiger partial charge is 0.398 e. The van der Waals surface area contributed by atoms with E-state index in [9.17, 15) is 9.90 Å². The lowest BCUT2D eigenvalue weighted by Gasteiger charge is -2.18. The van der Waals surface area contributed by atoms with Crippen LogP contribution in [0.5, 0.6) is 0 Å². The summed E-state index contributed by atoms with van der Waals surface area (Å²) in [4.78, 5) is 14.0. The zero-order valence-corrected chi connectivity index (χ0v) is 9.97. The van der Waals surface area contributed by atoms with E-state index in [4.69, 9.17) is 5.73 Å². The number of carbonyl (C=O) groups excluding carboxylic acids is 1. The van der Waals surface area contributed by atoms with Gasteiger partial charge in [0.2, 0.25) is 0 Å². The second-order valence-electron chi connectivity index (χ2n) is 4.63. The number of hydrogen-bond acceptors (Lipinski definition) is 3. The van der Waals surface area contributed by atoms with Crippen molar-refractivity contribution < 1.29 is 9.90 Å². The summed E-state index contributed by atoms with van der Waals surface area (Å²) in [6, 6.07) is 7.10. The van der Waals surface area contributed by atoms with Crippen LogP contribution in [0.15, 0.2) is 24.3 Å². The van der Waals surface area contributed by atoms with Crippen LogP contribution in [0.25, 0.3) is 0 Å². The molecule has 0 aliphatic carbocycles. The van der Waals surface area contributed by atoms with Gasteiger partial charge in [0, 0.05) is 24.7 Å². The first-order valence-corrected chi connectivity index (χ1v) is 5.91. The quantitative estimate of drug-likeness (QED) is 0.753. The monoisotopic (exact) mass is 234 g/mol. The lowest BCUT2D eigenvalue weighted by atomic mass is 10.0. The summed E-state index contributed by atoms with van der Waals surface area (Å²) < 4.78 is 0. The Morgan fingerprint density at radius 3 is 2.82 bits per heavy atom. The second-order valence-corrected chi connectivity index (χ2v) is 4.63. The van der Waals surface area contributed by atoms with Crippen LogP contribution in [0, 0.1) is 5.92 Å². The molecule has 2 unspecified atom stereocenters. The lowest BCUT2D eigenvalue weighted by Crippen LogP contribution is -2.30. The molecule has 1 aliphatic rings. The molecule has 1 saturated heterocycles. The fourth-order valence-corrected chi connectivity index (χ4v) is 2.23. The lowest BCUT2D eigenvalue weighted by molar-refractivity contribution is 0.0763. The van der Waals surface area contributed by atoms with Crippen LogP contribution in [-0.4, -0.2) is 35.1 Å². The first-order chi connectivity index (χ1) is 8.09. The molecule has 1 aromatic rings. The van der Waals surface area contributed by atoms with Crippen LogP contribution in [-0.2, 0) is 0 Å². The smallest absolute Gasteiger partial charge is 0.255 e. The number of likely N-dealkylation sites (tertiary alicyclic amines) is 1. The average Bonchev–Trinajstić information content (AvgIpc) is 2.78. The summed E-state index contributed by atoms with van der Waals surface area (Å²) in [6.45, 7) is 3.09. The van der Waals surface area contributed by atoms with Crippen LogP contribution in [0.1, 0.15) is 23.7 Å². The number of amides is 1. The molecule has 2 atom stereocenters. The SMILES string of the molecule is CC(O)C1CCN(C(=O)c2ccccc2N)C1. The molecular weight excluding hydrogens is 216 g/mol. The Hall–Kier alpha value is -1.55. The minimum absolute atomic E-state index is 0.0359. The zero-order chi connectivity index (χ0) is 12.4. The van der Waals surface area contributed by atoms with Crippen LogP contribution < -0.4 is 5.73 Å². The van der Waals surface area contributed by atoms with Crippen molar-refractivity contribution in [1.82, 2.24) is 4.90 Å². The van der Waals surface area contributed by atoms with E-state index in [1.807, 2.05) is 12.1 Å². The maximum absolute atomic E-state index is 12.2. The van der Waals surface area contributed by atoms with Crippen LogP contribution in [0.3, 0.4) is 0 Å². The van der Waals surface area contributed by atoms with Crippen LogP contribution in [0.2, 0.25) is 0 Å². The maximum Gasteiger partial charge on any atom is 0.255 e. The van der Waals surface area contributed by atoms with Crippen LogP contribution >= 0.6 is 0 Å². The number of benzene rings is 1. The molecule has 92 valence electrons. The standard InChI is InChI=1S/C13H18N2O2/c1-9(16)10-6-7-15(8-10)13(17)11-4-2-3-5-12(11)14/h2-5,9-10,16H,6-8,14H2,1H3. The first kappa shape index (κ1) is 11.9. The van der Waals surface area contributed by atoms with Crippen molar-refractivity contribution in [1.29, 1.82) is 0 Å². The van der Waals surface area contributed by atoms with Gasteiger partial charge in [0.15, 0.2) is 0 Å². The number of anilines is 1. The molecule has 1 fully saturated rings. The van der Waals surface area contributed by atoms with E-state index in [-0.39, 0.29) is 17.9 Å². The fraction of sp³-hybridized carbons (Fsp3) is 0.462. The predicted octanol–water partition coefficient (Wildman–Crippen LogP) is 1.11. The number of nitrogens with zero attached hydrogens (tertiary/aromatic N) is 1. The number of hydrogen-bond donors (Lipinski definition) is 2. The molecule has 0 saturated carbocycles. The summed E-state index contributed by atoms with van der Waals surface area (Å²) in [5.41, 5.74) is 6.85. The van der Waals surface area contributed by atoms with Crippen LogP contribution in [0.4, 0.5) is 5.69 Å². The topological polar surface area (TPSA) is 66.6 Å². The van der Waals surface area contributed by atoms with Crippen molar-refractivity contribution >= 4 is 11.6 Å². The van der Waals surface area contributed by atoms with Gasteiger partial charge in [-0.15, -0.1) is 0 Å². The van der Waals surface area contributed by atoms with Gasteiger partial charge >= 0.3 is 0 Å². The highest BCUT2D eigenvalue weighted by Crippen LogP contribution is 2.23. The van der Waals surface area contributed by atoms with Crippen molar-refractivity contribution in [2.45, 2.75) is 19.4 Å². The number of aliphatic hydroxyl groups is 1. The highest BCUT2D eigenvalue weighted by molar-refractivity contribution is 5.99. The molecule has 3 N–H and O–H groups in total. The normalized spacial score (nSPS) is 21.5. The molecule has 1 aromatic carbocycles. The molecule has 2 rings (SSSR count). The van der Waals surface area contributed by atoms with E-state index in [0.717, 1.165) is 6.42 Å². The van der Waals surface area contributed by atoms with Crippen molar-refractivity contribution in [2.75, 3.05) is 18.8 Å². The number of carbonyl (C=O) groups is 1. The first-order valence-electron chi connectivity index (χ1n) is 5.91. The summed E-state index contributed by atoms with van der Waals surface area (Å²) in [5, 5.41) is 9.51. The second kappa shape index (κ2) is 4.75. The molecule has 4 nitrogen and oxygen atoms in total. The van der Waals surface area contributed by atoms with E-state index in [1.54, 1.807) is 24.0 Å². The Balaban J connectivity index is 2.10. The van der Waals surface area contributed by atoms with E-state index in [0.29, 0.717) is 24.3 Å². The summed E-state index contributed by atoms with van der Waals surface area (Å²) in [7, 11) is 0. The predicted molar refractivity (Wildman–Crippen MR) is 66.5 cm³/mol. The van der Waals surface area contributed by atoms with Gasteiger partial charge < -0.3 is 15.7 Å². The highest BCUT2D eigenvalue weighted by atomic mass is 16.3. The van der Waals surface area contributed by atoms with Crippen molar-refractivity contribution in [3.05, 3.63) is 29.8 Å². The van der Waals surface area contributed by atoms with E-state index >= 15 is 0 Å². The average molecular weight is 234 g/mol. The molecular formula is C13H18N2O2. The van der Waals surface area contributed by atoms with Gasteiger partial charge in [0.25, 0.3) is 5.91 Å². The number of nitrogens with two attached hydrogens (primary N) is 1. The third-order valence-corrected chi connectivity index (χ3v) is 3.39. The number of para-hydroxylation sites is 1. The third-order valence-electron chi connectivity index (χ3n) is 3.39. The van der Waals surface area contributed by atoms with Gasteiger partial charge in [-0.3, -0.25) is 4.79 Å². The Kier molecular flexibility index (Phi) is 3.33. The molecule has 0 radical (unpaired) electrons. The Bertz CT molecular complexity index is 418. The number of aliphatic hydroxyl groups excluding tert-OH is 1. The fourth-order valence-electron chi connectivity index (χ4n) is 2.23. The molecule has 17 heavy (non-hydrogen) atoms. The highest BCUT2D eigenvalue weighted by Gasteiger charge is 2.29. The summed E-state index contributed by atoms with van der Waals surface area (Å²) >= 11 is 0. The molecule has 0 spiro atoms. The molecule has 0 aromatic heterocycles. The Morgan fingerprint density at radius 1 is 1.53 bits per heavy atom. The third kappa shape index (κ3) is 2.42. The minimum atomic E-state index is -0.360. The number of rotatable bonds is 2. The van der Waals surface area contributed by atoms with E-state index in [2.05, 4.69) is 0 Å². The van der Waals surface area contributed by atoms with Gasteiger partial charge in [0.05, 0.1) is 11.7 Å². The Labute approximate surface area is 101 Å². The molecule has 1 amide bonds. The van der Waals surface area contributed by atoms with Gasteiger partial charge in [-0.2, -0.15) is 0 Å². The summed E-state index contributed by atoms with van der Waals surface area (Å²) in [6.07, 6.45) is 0.497.